The predicted octanol–water partition coefficient (Wildman–Crippen LogP) is 4.94. The average molecular weight is 406 g/mol. The van der Waals surface area contributed by atoms with E-state index in [0.29, 0.717) is 5.69 Å². The molecule has 0 radical (unpaired) electrons. The molecule has 0 bridgehead atoms. The van der Waals surface area contributed by atoms with Gasteiger partial charge in [0.25, 0.3) is 0 Å². The molecular formula is C23H23N3O2S. The first kappa shape index (κ1) is 18.2. The number of nitrogens with one attached hydrogen (secondary N) is 2. The van der Waals surface area contributed by atoms with Gasteiger partial charge in [-0.25, -0.2) is 13.4 Å². The van der Waals surface area contributed by atoms with Crippen molar-refractivity contribution in [3.63, 3.8) is 0 Å². The SMILES string of the molecule is Cc1cc2c(ccc3nc(-c4ccc(NS(C)(=O)=O)cc4)c4c(c32)CCCC4)[nH]1. The van der Waals surface area contributed by atoms with Crippen LogP contribution in [0, 0.1) is 6.92 Å². The van der Waals surface area contributed by atoms with Crippen LogP contribution in [-0.2, 0) is 22.9 Å². The summed E-state index contributed by atoms with van der Waals surface area (Å²) in [6, 6.07) is 13.9. The Bertz CT molecular complexity index is 1350. The van der Waals surface area contributed by atoms with Crippen molar-refractivity contribution in [3.05, 3.63) is 59.3 Å². The maximum atomic E-state index is 11.5. The van der Waals surface area contributed by atoms with Crippen LogP contribution in [0.4, 0.5) is 5.69 Å². The lowest BCUT2D eigenvalue weighted by molar-refractivity contribution is 0.607. The fourth-order valence-corrected chi connectivity index (χ4v) is 5.09. The van der Waals surface area contributed by atoms with E-state index in [-0.39, 0.29) is 0 Å². The molecule has 0 saturated heterocycles. The van der Waals surface area contributed by atoms with Gasteiger partial charge in [-0.3, -0.25) is 4.72 Å². The van der Waals surface area contributed by atoms with E-state index in [4.69, 9.17) is 4.98 Å². The average Bonchev–Trinajstić information content (AvgIpc) is 3.07. The summed E-state index contributed by atoms with van der Waals surface area (Å²) in [4.78, 5) is 8.51. The fraction of sp³-hybridized carbons (Fsp3) is 0.261. The lowest BCUT2D eigenvalue weighted by atomic mass is 9.85. The molecule has 0 saturated carbocycles. The number of benzene rings is 2. The highest BCUT2D eigenvalue weighted by Crippen LogP contribution is 2.38. The van der Waals surface area contributed by atoms with E-state index in [1.165, 1.54) is 34.7 Å². The minimum Gasteiger partial charge on any atom is -0.359 e. The molecule has 5 nitrogen and oxygen atoms in total. The standard InChI is InChI=1S/C23H23N3O2S/c1-14-13-19-20(24-14)11-12-21-22(19)17-5-3-4-6-18(17)23(25-21)15-7-9-16(10-8-15)26-29(2,27)28/h7-13,24,26H,3-6H2,1-2H3. The summed E-state index contributed by atoms with van der Waals surface area (Å²) in [6.45, 7) is 2.09. The van der Waals surface area contributed by atoms with Gasteiger partial charge in [0, 0.05) is 33.2 Å². The van der Waals surface area contributed by atoms with E-state index in [9.17, 15) is 8.42 Å². The molecule has 29 heavy (non-hydrogen) atoms. The molecule has 2 aromatic heterocycles. The van der Waals surface area contributed by atoms with E-state index in [1.807, 2.05) is 12.1 Å². The van der Waals surface area contributed by atoms with Crippen LogP contribution >= 0.6 is 0 Å². The van der Waals surface area contributed by atoms with Gasteiger partial charge in [-0.05, 0) is 74.1 Å². The Morgan fingerprint density at radius 1 is 1.00 bits per heavy atom. The fourth-order valence-electron chi connectivity index (χ4n) is 4.52. The molecule has 0 amide bonds. The first-order valence-electron chi connectivity index (χ1n) is 9.91. The Hall–Kier alpha value is -2.86. The van der Waals surface area contributed by atoms with Gasteiger partial charge in [0.1, 0.15) is 0 Å². The number of pyridine rings is 1. The minimum atomic E-state index is -3.29. The van der Waals surface area contributed by atoms with E-state index in [2.05, 4.69) is 34.8 Å². The lowest BCUT2D eigenvalue weighted by Crippen LogP contribution is -2.09. The number of hydrogen-bond acceptors (Lipinski definition) is 3. The number of nitrogens with zero attached hydrogens (tertiary/aromatic N) is 1. The van der Waals surface area contributed by atoms with Crippen molar-refractivity contribution in [1.82, 2.24) is 9.97 Å². The molecule has 2 heterocycles. The first-order valence-corrected chi connectivity index (χ1v) is 11.8. The van der Waals surface area contributed by atoms with Crippen LogP contribution in [0.1, 0.15) is 29.7 Å². The molecule has 1 aliphatic carbocycles. The second-order valence-corrected chi connectivity index (χ2v) is 9.70. The Kier molecular flexibility index (Phi) is 4.13. The Morgan fingerprint density at radius 2 is 1.72 bits per heavy atom. The topological polar surface area (TPSA) is 74.8 Å². The van der Waals surface area contributed by atoms with Crippen LogP contribution in [0.5, 0.6) is 0 Å². The summed E-state index contributed by atoms with van der Waals surface area (Å²) in [5.41, 5.74) is 8.70. The van der Waals surface area contributed by atoms with Crippen LogP contribution in [0.25, 0.3) is 33.1 Å². The molecule has 2 N–H and O–H groups in total. The smallest absolute Gasteiger partial charge is 0.229 e. The molecule has 2 aromatic carbocycles. The van der Waals surface area contributed by atoms with Crippen molar-refractivity contribution in [2.24, 2.45) is 0 Å². The summed E-state index contributed by atoms with van der Waals surface area (Å²) in [5.74, 6) is 0. The summed E-state index contributed by atoms with van der Waals surface area (Å²) >= 11 is 0. The third-order valence-corrected chi connectivity index (χ3v) is 6.27. The zero-order chi connectivity index (χ0) is 20.2. The second kappa shape index (κ2) is 6.59. The van der Waals surface area contributed by atoms with Crippen LogP contribution in [0.3, 0.4) is 0 Å². The Morgan fingerprint density at radius 3 is 2.45 bits per heavy atom. The zero-order valence-corrected chi connectivity index (χ0v) is 17.4. The van der Waals surface area contributed by atoms with Crippen LogP contribution in [0.15, 0.2) is 42.5 Å². The Labute approximate surface area is 170 Å². The summed E-state index contributed by atoms with van der Waals surface area (Å²) in [6.07, 6.45) is 5.62. The summed E-state index contributed by atoms with van der Waals surface area (Å²) in [7, 11) is -3.29. The van der Waals surface area contributed by atoms with Crippen LogP contribution in [-0.4, -0.2) is 24.6 Å². The maximum Gasteiger partial charge on any atom is 0.229 e. The molecule has 0 aliphatic heterocycles. The van der Waals surface area contributed by atoms with Gasteiger partial charge in [-0.2, -0.15) is 0 Å². The minimum absolute atomic E-state index is 0.565. The molecule has 4 aromatic rings. The normalized spacial score (nSPS) is 14.3. The number of H-pyrrole nitrogens is 1. The van der Waals surface area contributed by atoms with Crippen molar-refractivity contribution >= 4 is 37.5 Å². The van der Waals surface area contributed by atoms with E-state index in [1.54, 1.807) is 12.1 Å². The monoisotopic (exact) mass is 405 g/mol. The molecule has 148 valence electrons. The van der Waals surface area contributed by atoms with Gasteiger partial charge in [0.05, 0.1) is 17.5 Å². The summed E-state index contributed by atoms with van der Waals surface area (Å²) in [5, 5.41) is 2.53. The Balaban J connectivity index is 1.71. The van der Waals surface area contributed by atoms with Crippen molar-refractivity contribution in [2.75, 3.05) is 11.0 Å². The number of hydrogen-bond donors (Lipinski definition) is 2. The maximum absolute atomic E-state index is 11.5. The van der Waals surface area contributed by atoms with E-state index < -0.39 is 10.0 Å². The number of aryl methyl sites for hydroxylation is 2. The first-order chi connectivity index (χ1) is 13.9. The highest BCUT2D eigenvalue weighted by atomic mass is 32.2. The quantitative estimate of drug-likeness (QED) is 0.507. The number of sulfonamides is 1. The van der Waals surface area contributed by atoms with E-state index in [0.717, 1.165) is 47.1 Å². The van der Waals surface area contributed by atoms with Crippen LogP contribution < -0.4 is 4.72 Å². The van der Waals surface area contributed by atoms with Gasteiger partial charge in [-0.1, -0.05) is 12.1 Å². The molecule has 0 spiro atoms. The predicted molar refractivity (Wildman–Crippen MR) is 119 cm³/mol. The molecule has 1 aliphatic rings. The molecule has 5 rings (SSSR count). The highest BCUT2D eigenvalue weighted by molar-refractivity contribution is 7.92. The van der Waals surface area contributed by atoms with Crippen LogP contribution in [0.2, 0.25) is 0 Å². The highest BCUT2D eigenvalue weighted by Gasteiger charge is 2.21. The third kappa shape index (κ3) is 3.27. The lowest BCUT2D eigenvalue weighted by Gasteiger charge is -2.22. The zero-order valence-electron chi connectivity index (χ0n) is 16.5. The van der Waals surface area contributed by atoms with Gasteiger partial charge >= 0.3 is 0 Å². The second-order valence-electron chi connectivity index (χ2n) is 7.95. The largest absolute Gasteiger partial charge is 0.359 e. The van der Waals surface area contributed by atoms with Crippen molar-refractivity contribution < 1.29 is 8.42 Å². The van der Waals surface area contributed by atoms with Gasteiger partial charge in [0.15, 0.2) is 0 Å². The summed E-state index contributed by atoms with van der Waals surface area (Å²) < 4.78 is 25.5. The number of anilines is 1. The van der Waals surface area contributed by atoms with Gasteiger partial charge in [-0.15, -0.1) is 0 Å². The van der Waals surface area contributed by atoms with Gasteiger partial charge < -0.3 is 4.98 Å². The van der Waals surface area contributed by atoms with Crippen molar-refractivity contribution in [2.45, 2.75) is 32.6 Å². The molecule has 0 unspecified atom stereocenters. The third-order valence-electron chi connectivity index (χ3n) is 5.67. The number of aromatic nitrogens is 2. The van der Waals surface area contributed by atoms with Gasteiger partial charge in [0.2, 0.25) is 10.0 Å². The molecule has 0 fully saturated rings. The number of aromatic amines is 1. The van der Waals surface area contributed by atoms with Crippen molar-refractivity contribution in [1.29, 1.82) is 0 Å². The molecule has 0 atom stereocenters. The number of rotatable bonds is 3. The molecule has 6 heteroatoms. The molecular weight excluding hydrogens is 382 g/mol. The number of fused-ring (bicyclic) bond motifs is 5. The van der Waals surface area contributed by atoms with E-state index >= 15 is 0 Å². The van der Waals surface area contributed by atoms with Crippen molar-refractivity contribution in [3.8, 4) is 11.3 Å².